The van der Waals surface area contributed by atoms with Crippen LogP contribution in [0.25, 0.3) is 0 Å². The van der Waals surface area contributed by atoms with E-state index in [4.69, 9.17) is 9.84 Å². The molecule has 128 valence electrons. The quantitative estimate of drug-likeness (QED) is 0.785. The first-order valence-corrected chi connectivity index (χ1v) is 8.73. The van der Waals surface area contributed by atoms with Crippen LogP contribution in [-0.2, 0) is 26.2 Å². The Hall–Kier alpha value is -1.51. The summed E-state index contributed by atoms with van der Waals surface area (Å²) in [5.41, 5.74) is -0.986. The van der Waals surface area contributed by atoms with Gasteiger partial charge in [0.1, 0.15) is 5.67 Å². The van der Waals surface area contributed by atoms with E-state index in [2.05, 4.69) is 4.72 Å². The second-order valence-electron chi connectivity index (χ2n) is 5.83. The highest BCUT2D eigenvalue weighted by molar-refractivity contribution is 7.89. The van der Waals surface area contributed by atoms with Gasteiger partial charge in [-0.25, -0.2) is 17.5 Å². The fourth-order valence-electron chi connectivity index (χ4n) is 2.69. The summed E-state index contributed by atoms with van der Waals surface area (Å²) in [5.74, 6) is -1.79. The van der Waals surface area contributed by atoms with Gasteiger partial charge in [-0.2, -0.15) is 0 Å². The fraction of sp³-hybridized carbons (Fsp3) is 0.533. The second-order valence-corrected chi connectivity index (χ2v) is 7.60. The summed E-state index contributed by atoms with van der Waals surface area (Å²) in [6.45, 7) is -0.0448. The highest BCUT2D eigenvalue weighted by Crippen LogP contribution is 2.37. The van der Waals surface area contributed by atoms with Crippen molar-refractivity contribution in [2.45, 2.75) is 36.4 Å². The molecule has 0 heterocycles. The average Bonchev–Trinajstić information content (AvgIpc) is 2.90. The number of aliphatic carboxylic acids is 1. The molecule has 2 rings (SSSR count). The monoisotopic (exact) mass is 345 g/mol. The van der Waals surface area contributed by atoms with Crippen LogP contribution in [0.4, 0.5) is 4.39 Å². The zero-order chi connectivity index (χ0) is 17.1. The third kappa shape index (κ3) is 4.49. The molecule has 0 saturated heterocycles. The van der Waals surface area contributed by atoms with E-state index in [1.165, 1.54) is 12.1 Å². The minimum absolute atomic E-state index is 0.0359. The van der Waals surface area contributed by atoms with Gasteiger partial charge in [-0.3, -0.25) is 4.79 Å². The maximum absolute atomic E-state index is 14.5. The van der Waals surface area contributed by atoms with E-state index < -0.39 is 34.1 Å². The lowest BCUT2D eigenvalue weighted by Gasteiger charge is -2.20. The lowest BCUT2D eigenvalue weighted by molar-refractivity contribution is -0.141. The van der Waals surface area contributed by atoms with Crippen LogP contribution in [0.3, 0.4) is 0 Å². The van der Waals surface area contributed by atoms with Gasteiger partial charge in [0, 0.05) is 13.7 Å². The van der Waals surface area contributed by atoms with Gasteiger partial charge in [0.2, 0.25) is 10.0 Å². The molecule has 0 radical (unpaired) electrons. The molecule has 8 heteroatoms. The molecule has 0 aliphatic heterocycles. The van der Waals surface area contributed by atoms with E-state index in [-0.39, 0.29) is 24.2 Å². The van der Waals surface area contributed by atoms with Gasteiger partial charge in [0.15, 0.2) is 0 Å². The van der Waals surface area contributed by atoms with E-state index >= 15 is 0 Å². The SMILES string of the molecule is COCc1ccc(S(=O)(=O)NC[C@@]2(F)CC[C@H](C(=O)O)C2)cc1. The summed E-state index contributed by atoms with van der Waals surface area (Å²) in [7, 11) is -2.29. The molecule has 1 aliphatic carbocycles. The Morgan fingerprint density at radius 3 is 2.61 bits per heavy atom. The Morgan fingerprint density at radius 2 is 2.09 bits per heavy atom. The smallest absolute Gasteiger partial charge is 0.306 e. The predicted octanol–water partition coefficient (Wildman–Crippen LogP) is 1.70. The van der Waals surface area contributed by atoms with Gasteiger partial charge in [-0.15, -0.1) is 0 Å². The van der Waals surface area contributed by atoms with Crippen molar-refractivity contribution in [3.05, 3.63) is 29.8 Å². The number of ether oxygens (including phenoxy) is 1. The lowest BCUT2D eigenvalue weighted by Crippen LogP contribution is -2.38. The second kappa shape index (κ2) is 6.94. The summed E-state index contributed by atoms with van der Waals surface area (Å²) in [6, 6.07) is 6.10. The Labute approximate surface area is 134 Å². The molecular formula is C15H20FNO5S. The number of carboxylic acid groups (broad SMARTS) is 1. The first kappa shape index (κ1) is 17.8. The van der Waals surface area contributed by atoms with Crippen LogP contribution in [0.5, 0.6) is 0 Å². The van der Waals surface area contributed by atoms with Gasteiger partial charge in [0.05, 0.1) is 17.4 Å². The number of alkyl halides is 1. The van der Waals surface area contributed by atoms with Crippen molar-refractivity contribution in [2.75, 3.05) is 13.7 Å². The van der Waals surface area contributed by atoms with Crippen LogP contribution in [0.1, 0.15) is 24.8 Å². The number of carboxylic acids is 1. The highest BCUT2D eigenvalue weighted by Gasteiger charge is 2.43. The summed E-state index contributed by atoms with van der Waals surface area (Å²) in [4.78, 5) is 10.9. The van der Waals surface area contributed by atoms with E-state index in [1.807, 2.05) is 0 Å². The zero-order valence-corrected chi connectivity index (χ0v) is 13.6. The largest absolute Gasteiger partial charge is 0.481 e. The molecule has 0 unspecified atom stereocenters. The number of hydrogen-bond donors (Lipinski definition) is 2. The molecule has 1 aliphatic rings. The molecule has 23 heavy (non-hydrogen) atoms. The summed E-state index contributed by atoms with van der Waals surface area (Å²) < 4.78 is 46.1. The van der Waals surface area contributed by atoms with Crippen molar-refractivity contribution in [3.8, 4) is 0 Å². The van der Waals surface area contributed by atoms with Crippen molar-refractivity contribution in [2.24, 2.45) is 5.92 Å². The number of nitrogens with one attached hydrogen (secondary N) is 1. The molecule has 1 aromatic rings. The van der Waals surface area contributed by atoms with Crippen LogP contribution in [0, 0.1) is 5.92 Å². The minimum Gasteiger partial charge on any atom is -0.481 e. The van der Waals surface area contributed by atoms with Crippen LogP contribution >= 0.6 is 0 Å². The number of halogens is 1. The number of sulfonamides is 1. The normalized spacial score (nSPS) is 24.7. The molecule has 1 saturated carbocycles. The summed E-state index contributed by atoms with van der Waals surface area (Å²) in [5, 5.41) is 8.91. The minimum atomic E-state index is -3.83. The van der Waals surface area contributed by atoms with Crippen LogP contribution in [0.2, 0.25) is 0 Å². The molecule has 1 fully saturated rings. The molecule has 0 bridgehead atoms. The van der Waals surface area contributed by atoms with Gasteiger partial charge in [-0.05, 0) is 37.0 Å². The molecular weight excluding hydrogens is 325 g/mol. The first-order valence-electron chi connectivity index (χ1n) is 7.25. The van der Waals surface area contributed by atoms with Crippen molar-refractivity contribution in [3.63, 3.8) is 0 Å². The zero-order valence-electron chi connectivity index (χ0n) is 12.8. The fourth-order valence-corrected chi connectivity index (χ4v) is 3.80. The topological polar surface area (TPSA) is 92.7 Å². The van der Waals surface area contributed by atoms with E-state index in [0.29, 0.717) is 6.61 Å². The van der Waals surface area contributed by atoms with Crippen LogP contribution in [0.15, 0.2) is 29.2 Å². The van der Waals surface area contributed by atoms with Gasteiger partial charge in [-0.1, -0.05) is 12.1 Å². The van der Waals surface area contributed by atoms with Crippen LogP contribution in [-0.4, -0.2) is 38.8 Å². The van der Waals surface area contributed by atoms with Gasteiger partial charge < -0.3 is 9.84 Å². The molecule has 0 aromatic heterocycles. The molecule has 2 N–H and O–H groups in total. The maximum atomic E-state index is 14.5. The summed E-state index contributed by atoms with van der Waals surface area (Å²) in [6.07, 6.45) is 0.0934. The van der Waals surface area contributed by atoms with Crippen molar-refractivity contribution in [1.29, 1.82) is 0 Å². The molecule has 0 spiro atoms. The summed E-state index contributed by atoms with van der Waals surface area (Å²) >= 11 is 0. The van der Waals surface area contributed by atoms with E-state index in [0.717, 1.165) is 5.56 Å². The maximum Gasteiger partial charge on any atom is 0.306 e. The number of benzene rings is 1. The molecule has 2 atom stereocenters. The highest BCUT2D eigenvalue weighted by atomic mass is 32.2. The van der Waals surface area contributed by atoms with Crippen molar-refractivity contribution in [1.82, 2.24) is 4.72 Å². The Kier molecular flexibility index (Phi) is 5.38. The number of carbonyl (C=O) groups is 1. The molecule has 6 nitrogen and oxygen atoms in total. The molecule has 1 aromatic carbocycles. The third-order valence-corrected chi connectivity index (χ3v) is 5.44. The van der Waals surface area contributed by atoms with Gasteiger partial charge in [0.25, 0.3) is 0 Å². The van der Waals surface area contributed by atoms with E-state index in [1.54, 1.807) is 19.2 Å². The Morgan fingerprint density at radius 1 is 1.43 bits per heavy atom. The average molecular weight is 345 g/mol. The standard InChI is InChI=1S/C15H20FNO5S/c1-22-9-11-2-4-13(5-3-11)23(20,21)17-10-15(16)7-6-12(8-15)14(18)19/h2-5,12,17H,6-10H2,1H3,(H,18,19)/t12-,15+/m0/s1. The van der Waals surface area contributed by atoms with E-state index in [9.17, 15) is 17.6 Å². The lowest BCUT2D eigenvalue weighted by atomic mass is 10.0. The van der Waals surface area contributed by atoms with Crippen LogP contribution < -0.4 is 4.72 Å². The third-order valence-electron chi connectivity index (χ3n) is 4.03. The van der Waals surface area contributed by atoms with Crippen molar-refractivity contribution >= 4 is 16.0 Å². The van der Waals surface area contributed by atoms with Crippen molar-refractivity contribution < 1.29 is 27.4 Å². The number of hydrogen-bond acceptors (Lipinski definition) is 4. The van der Waals surface area contributed by atoms with Gasteiger partial charge >= 0.3 is 5.97 Å². The molecule has 0 amide bonds. The Bertz CT molecular complexity index is 661. The Balaban J connectivity index is 2.00. The number of methoxy groups -OCH3 is 1. The first-order chi connectivity index (χ1) is 10.8. The number of rotatable bonds is 7. The predicted molar refractivity (Wildman–Crippen MR) is 81.2 cm³/mol.